The van der Waals surface area contributed by atoms with Crippen LogP contribution in [0.3, 0.4) is 0 Å². The summed E-state index contributed by atoms with van der Waals surface area (Å²) in [7, 11) is 0. The van der Waals surface area contributed by atoms with Gasteiger partial charge in [-0.1, -0.05) is 0 Å². The summed E-state index contributed by atoms with van der Waals surface area (Å²) in [6.07, 6.45) is 0. The Morgan fingerprint density at radius 2 is 2.19 bits per heavy atom. The number of aromatic carboxylic acids is 1. The maximum absolute atomic E-state index is 11.9. The minimum Gasteiger partial charge on any atom is -0.478 e. The number of thiol groups is 1. The van der Waals surface area contributed by atoms with Gasteiger partial charge < -0.3 is 9.84 Å². The van der Waals surface area contributed by atoms with Crippen LogP contribution < -0.4 is 4.74 Å². The number of nitriles is 1. The van der Waals surface area contributed by atoms with Gasteiger partial charge in [0.2, 0.25) is 0 Å². The third-order valence-corrected chi connectivity index (χ3v) is 2.02. The Labute approximate surface area is 94.5 Å². The maximum Gasteiger partial charge on any atom is 0.387 e. The summed E-state index contributed by atoms with van der Waals surface area (Å²) in [4.78, 5) is 10.6. The molecule has 0 spiro atoms. The SMILES string of the molecule is N#Cc1cc(OC(F)F)c(S)cc1C(=O)O. The van der Waals surface area contributed by atoms with Crippen LogP contribution in [-0.4, -0.2) is 17.7 Å². The molecular weight excluding hydrogens is 240 g/mol. The molecule has 0 aliphatic carbocycles. The Morgan fingerprint density at radius 3 is 2.62 bits per heavy atom. The molecule has 1 rings (SSSR count). The number of alkyl halides is 2. The molecule has 0 amide bonds. The molecular formula is C9H5F2NO3S. The van der Waals surface area contributed by atoms with Gasteiger partial charge in [0.05, 0.1) is 11.1 Å². The van der Waals surface area contributed by atoms with Crippen molar-refractivity contribution < 1.29 is 23.4 Å². The number of rotatable bonds is 3. The third-order valence-electron chi connectivity index (χ3n) is 1.67. The van der Waals surface area contributed by atoms with Crippen LogP contribution in [0.2, 0.25) is 0 Å². The van der Waals surface area contributed by atoms with Crippen molar-refractivity contribution in [2.45, 2.75) is 11.5 Å². The number of ether oxygens (including phenoxy) is 1. The molecule has 0 aliphatic heterocycles. The zero-order valence-electron chi connectivity index (χ0n) is 7.65. The molecule has 0 heterocycles. The van der Waals surface area contributed by atoms with Crippen LogP contribution in [0.15, 0.2) is 17.0 Å². The van der Waals surface area contributed by atoms with E-state index >= 15 is 0 Å². The molecule has 0 radical (unpaired) electrons. The summed E-state index contributed by atoms with van der Waals surface area (Å²) in [6.45, 7) is -3.06. The number of halogens is 2. The van der Waals surface area contributed by atoms with E-state index in [1.54, 1.807) is 6.07 Å². The topological polar surface area (TPSA) is 70.3 Å². The average Bonchev–Trinajstić information content (AvgIpc) is 2.19. The first-order chi connectivity index (χ1) is 7.45. The van der Waals surface area contributed by atoms with Gasteiger partial charge in [-0.25, -0.2) is 4.79 Å². The van der Waals surface area contributed by atoms with Crippen molar-refractivity contribution in [2.75, 3.05) is 0 Å². The van der Waals surface area contributed by atoms with Crippen LogP contribution in [-0.2, 0) is 0 Å². The number of hydrogen-bond donors (Lipinski definition) is 2. The van der Waals surface area contributed by atoms with Gasteiger partial charge in [-0.2, -0.15) is 14.0 Å². The van der Waals surface area contributed by atoms with Crippen LogP contribution in [0.25, 0.3) is 0 Å². The molecule has 0 unspecified atom stereocenters. The van der Waals surface area contributed by atoms with Gasteiger partial charge in [0.15, 0.2) is 0 Å². The van der Waals surface area contributed by atoms with Crippen LogP contribution in [0.5, 0.6) is 5.75 Å². The molecule has 0 fully saturated rings. The van der Waals surface area contributed by atoms with Crippen molar-refractivity contribution in [3.8, 4) is 11.8 Å². The zero-order chi connectivity index (χ0) is 12.3. The van der Waals surface area contributed by atoms with Crippen molar-refractivity contribution in [3.63, 3.8) is 0 Å². The normalized spacial score (nSPS) is 9.94. The maximum atomic E-state index is 11.9. The quantitative estimate of drug-likeness (QED) is 0.800. The molecule has 1 N–H and O–H groups in total. The van der Waals surface area contributed by atoms with E-state index in [-0.39, 0.29) is 21.8 Å². The van der Waals surface area contributed by atoms with Gasteiger partial charge >= 0.3 is 12.6 Å². The number of carboxylic acid groups (broad SMARTS) is 1. The summed E-state index contributed by atoms with van der Waals surface area (Å²) in [6, 6.07) is 3.48. The minimum absolute atomic E-state index is 0.0725. The molecule has 1 aromatic rings. The van der Waals surface area contributed by atoms with Gasteiger partial charge in [0.25, 0.3) is 0 Å². The van der Waals surface area contributed by atoms with Gasteiger partial charge in [-0.3, -0.25) is 0 Å². The number of carboxylic acids is 1. The fraction of sp³-hybridized carbons (Fsp3) is 0.111. The first kappa shape index (κ1) is 12.3. The second-order valence-electron chi connectivity index (χ2n) is 2.66. The van der Waals surface area contributed by atoms with Gasteiger partial charge in [0, 0.05) is 11.0 Å². The van der Waals surface area contributed by atoms with Crippen molar-refractivity contribution in [1.82, 2.24) is 0 Å². The molecule has 0 bridgehead atoms. The molecule has 0 atom stereocenters. The molecule has 0 aromatic heterocycles. The Morgan fingerprint density at radius 1 is 1.56 bits per heavy atom. The van der Waals surface area contributed by atoms with E-state index in [0.717, 1.165) is 12.1 Å². The molecule has 4 nitrogen and oxygen atoms in total. The lowest BCUT2D eigenvalue weighted by atomic mass is 10.1. The van der Waals surface area contributed by atoms with E-state index < -0.39 is 12.6 Å². The van der Waals surface area contributed by atoms with Crippen molar-refractivity contribution in [3.05, 3.63) is 23.3 Å². The van der Waals surface area contributed by atoms with E-state index in [9.17, 15) is 13.6 Å². The molecule has 7 heteroatoms. The predicted octanol–water partition coefficient (Wildman–Crippen LogP) is 2.15. The smallest absolute Gasteiger partial charge is 0.387 e. The van der Waals surface area contributed by atoms with E-state index in [0.29, 0.717) is 0 Å². The standard InChI is InChI=1S/C9H5F2NO3S/c10-9(11)15-6-1-4(3-12)5(8(13)14)2-7(6)16/h1-2,9,16H,(H,13,14). The van der Waals surface area contributed by atoms with E-state index in [1.165, 1.54) is 0 Å². The Hall–Kier alpha value is -1.81. The van der Waals surface area contributed by atoms with Crippen molar-refractivity contribution in [1.29, 1.82) is 5.26 Å². The number of hydrogen-bond acceptors (Lipinski definition) is 4. The molecule has 0 aliphatic rings. The highest BCUT2D eigenvalue weighted by Crippen LogP contribution is 2.28. The second kappa shape index (κ2) is 4.81. The lowest BCUT2D eigenvalue weighted by molar-refractivity contribution is -0.0516. The van der Waals surface area contributed by atoms with Gasteiger partial charge in [0.1, 0.15) is 11.8 Å². The van der Waals surface area contributed by atoms with Gasteiger partial charge in [-0.05, 0) is 6.07 Å². The van der Waals surface area contributed by atoms with Crippen LogP contribution in [0.1, 0.15) is 15.9 Å². The number of nitrogens with zero attached hydrogens (tertiary/aromatic N) is 1. The lowest BCUT2D eigenvalue weighted by Crippen LogP contribution is -2.06. The van der Waals surface area contributed by atoms with E-state index in [2.05, 4.69) is 17.4 Å². The fourth-order valence-corrected chi connectivity index (χ4v) is 1.27. The average molecular weight is 245 g/mol. The first-order valence-corrected chi connectivity index (χ1v) is 4.35. The molecule has 84 valence electrons. The Kier molecular flexibility index (Phi) is 3.68. The summed E-state index contributed by atoms with van der Waals surface area (Å²) in [5.74, 6) is -1.67. The molecule has 0 saturated carbocycles. The Balaban J connectivity index is 3.27. The zero-order valence-corrected chi connectivity index (χ0v) is 8.54. The van der Waals surface area contributed by atoms with Crippen LogP contribution in [0.4, 0.5) is 8.78 Å². The largest absolute Gasteiger partial charge is 0.478 e. The molecule has 0 saturated heterocycles. The highest BCUT2D eigenvalue weighted by Gasteiger charge is 2.16. The van der Waals surface area contributed by atoms with Crippen molar-refractivity contribution in [2.24, 2.45) is 0 Å². The summed E-state index contributed by atoms with van der Waals surface area (Å²) >= 11 is 3.79. The highest BCUT2D eigenvalue weighted by molar-refractivity contribution is 7.80. The predicted molar refractivity (Wildman–Crippen MR) is 52.0 cm³/mol. The summed E-state index contributed by atoms with van der Waals surface area (Å²) in [5, 5.41) is 17.4. The fourth-order valence-electron chi connectivity index (χ4n) is 1.03. The van der Waals surface area contributed by atoms with E-state index in [1.807, 2.05) is 0 Å². The number of benzene rings is 1. The minimum atomic E-state index is -3.06. The Bertz CT molecular complexity index is 471. The number of carbonyl (C=O) groups is 1. The highest BCUT2D eigenvalue weighted by atomic mass is 32.1. The van der Waals surface area contributed by atoms with Crippen LogP contribution >= 0.6 is 12.6 Å². The third kappa shape index (κ3) is 2.61. The van der Waals surface area contributed by atoms with Gasteiger partial charge in [-0.15, -0.1) is 12.6 Å². The lowest BCUT2D eigenvalue weighted by Gasteiger charge is -2.08. The summed E-state index contributed by atoms with van der Waals surface area (Å²) in [5.41, 5.74) is -0.574. The van der Waals surface area contributed by atoms with Crippen LogP contribution in [0, 0.1) is 11.3 Å². The second-order valence-corrected chi connectivity index (χ2v) is 3.14. The first-order valence-electron chi connectivity index (χ1n) is 3.91. The monoisotopic (exact) mass is 245 g/mol. The molecule has 1 aromatic carbocycles. The molecule has 16 heavy (non-hydrogen) atoms. The van der Waals surface area contributed by atoms with E-state index in [4.69, 9.17) is 10.4 Å². The van der Waals surface area contributed by atoms with Crippen molar-refractivity contribution >= 4 is 18.6 Å². The summed E-state index contributed by atoms with van der Waals surface area (Å²) < 4.78 is 27.9.